The Morgan fingerprint density at radius 2 is 1.96 bits per heavy atom. The zero-order chi connectivity index (χ0) is 19.2. The molecule has 1 aliphatic rings. The van der Waals surface area contributed by atoms with Gasteiger partial charge in [-0.2, -0.15) is 0 Å². The molecule has 0 atom stereocenters. The molecular formula is C20H20N2O5. The smallest absolute Gasteiger partial charge is 0.338 e. The number of benzene rings is 2. The molecule has 0 unspecified atom stereocenters. The van der Waals surface area contributed by atoms with Crippen molar-refractivity contribution in [3.05, 3.63) is 54.1 Å². The van der Waals surface area contributed by atoms with Crippen molar-refractivity contribution in [1.29, 1.82) is 0 Å². The number of hydrogen-bond donors (Lipinski definition) is 1. The molecule has 0 aliphatic carbocycles. The van der Waals surface area contributed by atoms with Crippen LogP contribution in [-0.2, 0) is 14.3 Å². The lowest BCUT2D eigenvalue weighted by molar-refractivity contribution is -0.119. The number of amides is 2. The van der Waals surface area contributed by atoms with Crippen LogP contribution in [0.2, 0.25) is 0 Å². The van der Waals surface area contributed by atoms with Crippen molar-refractivity contribution in [1.82, 2.24) is 0 Å². The molecule has 0 saturated carbocycles. The summed E-state index contributed by atoms with van der Waals surface area (Å²) in [6.07, 6.45) is 1.29. The molecule has 1 fully saturated rings. The zero-order valence-electron chi connectivity index (χ0n) is 14.9. The van der Waals surface area contributed by atoms with Gasteiger partial charge in [-0.05, 0) is 36.8 Å². The van der Waals surface area contributed by atoms with Crippen molar-refractivity contribution < 1.29 is 23.9 Å². The lowest BCUT2D eigenvalue weighted by Gasteiger charge is -2.19. The number of carbonyl (C=O) groups excluding carboxylic acids is 3. The standard InChI is InChI=1S/C20H20N2O5/c1-26-15-7-4-6-14(12-15)20(25)27-13-18(23)21-16-8-2-3-9-17(16)22-11-5-10-19(22)24/h2-4,6-9,12H,5,10-11,13H2,1H3,(H,21,23). The lowest BCUT2D eigenvalue weighted by Crippen LogP contribution is -2.27. The van der Waals surface area contributed by atoms with E-state index < -0.39 is 18.5 Å². The molecule has 2 aromatic carbocycles. The Kier molecular flexibility index (Phi) is 5.71. The van der Waals surface area contributed by atoms with Crippen LogP contribution in [0.25, 0.3) is 0 Å². The van der Waals surface area contributed by atoms with Crippen LogP contribution in [-0.4, -0.2) is 38.0 Å². The molecule has 7 heteroatoms. The summed E-state index contributed by atoms with van der Waals surface area (Å²) in [6, 6.07) is 13.6. The van der Waals surface area contributed by atoms with Crippen LogP contribution in [0.4, 0.5) is 11.4 Å². The van der Waals surface area contributed by atoms with Crippen LogP contribution in [0.1, 0.15) is 23.2 Å². The highest BCUT2D eigenvalue weighted by Crippen LogP contribution is 2.29. The highest BCUT2D eigenvalue weighted by atomic mass is 16.5. The van der Waals surface area contributed by atoms with Gasteiger partial charge in [0.1, 0.15) is 5.75 Å². The fourth-order valence-corrected chi connectivity index (χ4v) is 2.87. The van der Waals surface area contributed by atoms with Gasteiger partial charge in [0.25, 0.3) is 5.91 Å². The first-order valence-corrected chi connectivity index (χ1v) is 8.59. The zero-order valence-corrected chi connectivity index (χ0v) is 14.9. The molecule has 0 aromatic heterocycles. The molecule has 1 saturated heterocycles. The van der Waals surface area contributed by atoms with Crippen molar-refractivity contribution in [3.63, 3.8) is 0 Å². The Morgan fingerprint density at radius 3 is 2.70 bits per heavy atom. The molecule has 140 valence electrons. The molecule has 27 heavy (non-hydrogen) atoms. The molecule has 0 spiro atoms. The summed E-state index contributed by atoms with van der Waals surface area (Å²) in [5.74, 6) is -0.545. The van der Waals surface area contributed by atoms with Crippen LogP contribution in [0.3, 0.4) is 0 Å². The third kappa shape index (κ3) is 4.44. The second-order valence-corrected chi connectivity index (χ2v) is 6.02. The van der Waals surface area contributed by atoms with E-state index in [1.165, 1.54) is 13.2 Å². The summed E-state index contributed by atoms with van der Waals surface area (Å²) in [6.45, 7) is 0.189. The molecule has 1 heterocycles. The Morgan fingerprint density at radius 1 is 1.15 bits per heavy atom. The van der Waals surface area contributed by atoms with E-state index in [2.05, 4.69) is 5.32 Å². The third-order valence-corrected chi connectivity index (χ3v) is 4.18. The Hall–Kier alpha value is -3.35. The topological polar surface area (TPSA) is 84.9 Å². The number of anilines is 2. The summed E-state index contributed by atoms with van der Waals surface area (Å²) < 4.78 is 10.1. The van der Waals surface area contributed by atoms with Crippen molar-refractivity contribution in [2.45, 2.75) is 12.8 Å². The summed E-state index contributed by atoms with van der Waals surface area (Å²) >= 11 is 0. The van der Waals surface area contributed by atoms with Gasteiger partial charge in [-0.1, -0.05) is 18.2 Å². The van der Waals surface area contributed by atoms with Gasteiger partial charge in [0.2, 0.25) is 5.91 Å². The monoisotopic (exact) mass is 368 g/mol. The second-order valence-electron chi connectivity index (χ2n) is 6.02. The highest BCUT2D eigenvalue weighted by Gasteiger charge is 2.24. The SMILES string of the molecule is COc1cccc(C(=O)OCC(=O)Nc2ccccc2N2CCCC2=O)c1. The van der Waals surface area contributed by atoms with Gasteiger partial charge in [-0.25, -0.2) is 4.79 Å². The summed E-state index contributed by atoms with van der Waals surface area (Å²) in [5.41, 5.74) is 1.45. The van der Waals surface area contributed by atoms with Crippen molar-refractivity contribution in [3.8, 4) is 5.75 Å². The van der Waals surface area contributed by atoms with Gasteiger partial charge in [0.15, 0.2) is 6.61 Å². The number of ether oxygens (including phenoxy) is 2. The van der Waals surface area contributed by atoms with Crippen LogP contribution in [0, 0.1) is 0 Å². The first-order valence-electron chi connectivity index (χ1n) is 8.59. The van der Waals surface area contributed by atoms with Crippen LogP contribution in [0.5, 0.6) is 5.75 Å². The molecule has 1 aliphatic heterocycles. The van der Waals surface area contributed by atoms with Gasteiger partial charge in [0, 0.05) is 13.0 Å². The number of methoxy groups -OCH3 is 1. The number of nitrogens with one attached hydrogen (secondary N) is 1. The third-order valence-electron chi connectivity index (χ3n) is 4.18. The lowest BCUT2D eigenvalue weighted by atomic mass is 10.2. The van der Waals surface area contributed by atoms with Gasteiger partial charge in [-0.3, -0.25) is 9.59 Å². The average Bonchev–Trinajstić information content (AvgIpc) is 3.12. The van der Waals surface area contributed by atoms with Crippen LogP contribution >= 0.6 is 0 Å². The molecule has 0 radical (unpaired) electrons. The van der Waals surface area contributed by atoms with E-state index in [1.54, 1.807) is 47.4 Å². The van der Waals surface area contributed by atoms with E-state index in [9.17, 15) is 14.4 Å². The van der Waals surface area contributed by atoms with Crippen molar-refractivity contribution in [2.24, 2.45) is 0 Å². The molecule has 0 bridgehead atoms. The minimum absolute atomic E-state index is 0.0288. The Balaban J connectivity index is 1.61. The molecule has 2 amide bonds. The van der Waals surface area contributed by atoms with Crippen LogP contribution in [0.15, 0.2) is 48.5 Å². The van der Waals surface area contributed by atoms with Gasteiger partial charge >= 0.3 is 5.97 Å². The maximum atomic E-state index is 12.2. The van der Waals surface area contributed by atoms with E-state index in [1.807, 2.05) is 0 Å². The van der Waals surface area contributed by atoms with E-state index >= 15 is 0 Å². The first-order chi connectivity index (χ1) is 13.1. The van der Waals surface area contributed by atoms with E-state index in [-0.39, 0.29) is 5.91 Å². The van der Waals surface area contributed by atoms with Crippen molar-refractivity contribution in [2.75, 3.05) is 30.5 Å². The normalized spacial score (nSPS) is 13.4. The van der Waals surface area contributed by atoms with E-state index in [0.717, 1.165) is 6.42 Å². The quantitative estimate of drug-likeness (QED) is 0.793. The Bertz CT molecular complexity index is 865. The highest BCUT2D eigenvalue weighted by molar-refractivity contribution is 6.02. The van der Waals surface area contributed by atoms with Crippen LogP contribution < -0.4 is 15.0 Å². The maximum absolute atomic E-state index is 12.2. The Labute approximate surface area is 156 Å². The molecule has 1 N–H and O–H groups in total. The fourth-order valence-electron chi connectivity index (χ4n) is 2.87. The van der Waals surface area contributed by atoms with Gasteiger partial charge in [0.05, 0.1) is 24.0 Å². The largest absolute Gasteiger partial charge is 0.497 e. The van der Waals surface area contributed by atoms with E-state index in [4.69, 9.17) is 9.47 Å². The molecule has 7 nitrogen and oxygen atoms in total. The number of para-hydroxylation sites is 2. The van der Waals surface area contributed by atoms with Gasteiger partial charge in [-0.15, -0.1) is 0 Å². The number of esters is 1. The predicted molar refractivity (Wildman–Crippen MR) is 99.9 cm³/mol. The van der Waals surface area contributed by atoms with Gasteiger partial charge < -0.3 is 19.7 Å². The first kappa shape index (κ1) is 18.4. The minimum atomic E-state index is -0.618. The van der Waals surface area contributed by atoms with Crippen molar-refractivity contribution >= 4 is 29.2 Å². The summed E-state index contributed by atoms with van der Waals surface area (Å²) in [4.78, 5) is 37.9. The minimum Gasteiger partial charge on any atom is -0.497 e. The second kappa shape index (κ2) is 8.35. The maximum Gasteiger partial charge on any atom is 0.338 e. The number of carbonyl (C=O) groups is 3. The average molecular weight is 368 g/mol. The molecular weight excluding hydrogens is 348 g/mol. The number of nitrogens with zero attached hydrogens (tertiary/aromatic N) is 1. The van der Waals surface area contributed by atoms with E-state index in [0.29, 0.717) is 35.7 Å². The predicted octanol–water partition coefficient (Wildman–Crippen LogP) is 2.62. The number of hydrogen-bond acceptors (Lipinski definition) is 5. The molecule has 2 aromatic rings. The fraction of sp³-hybridized carbons (Fsp3) is 0.250. The summed E-state index contributed by atoms with van der Waals surface area (Å²) in [7, 11) is 1.50. The molecule has 3 rings (SSSR count). The number of rotatable bonds is 6. The summed E-state index contributed by atoms with van der Waals surface area (Å²) in [5, 5.41) is 2.70.